The van der Waals surface area contributed by atoms with Crippen molar-refractivity contribution in [3.05, 3.63) is 33.8 Å². The number of halogens is 2. The van der Waals surface area contributed by atoms with Crippen molar-refractivity contribution in [3.8, 4) is 0 Å². The number of hydrogen-bond donors (Lipinski definition) is 2. The third kappa shape index (κ3) is 3.64. The Morgan fingerprint density at radius 2 is 2.00 bits per heavy atom. The van der Waals surface area contributed by atoms with Crippen LogP contribution in [0.25, 0.3) is 0 Å². The number of hydrogen-bond acceptors (Lipinski definition) is 3. The molecule has 1 heterocycles. The molecule has 0 unspecified atom stereocenters. The van der Waals surface area contributed by atoms with Crippen molar-refractivity contribution < 1.29 is 14.6 Å². The minimum atomic E-state index is -0.288. The van der Waals surface area contributed by atoms with Crippen LogP contribution in [0.5, 0.6) is 0 Å². The van der Waals surface area contributed by atoms with Gasteiger partial charge in [-0.05, 0) is 31.0 Å². The van der Waals surface area contributed by atoms with Gasteiger partial charge in [-0.1, -0.05) is 23.2 Å². The monoisotopic (exact) mass is 317 g/mol. The van der Waals surface area contributed by atoms with Gasteiger partial charge in [-0.25, -0.2) is 0 Å². The first-order chi connectivity index (χ1) is 9.56. The second kappa shape index (κ2) is 6.76. The summed E-state index contributed by atoms with van der Waals surface area (Å²) in [5, 5.41) is 13.2. The Morgan fingerprint density at radius 1 is 1.30 bits per heavy atom. The Balaban J connectivity index is 1.98. The summed E-state index contributed by atoms with van der Waals surface area (Å²) >= 11 is 11.7. The number of carbonyl (C=O) groups is 1. The smallest absolute Gasteiger partial charge is 0.251 e. The second-order valence-corrected chi connectivity index (χ2v) is 5.90. The molecule has 0 aliphatic carbocycles. The van der Waals surface area contributed by atoms with Crippen molar-refractivity contribution in [2.75, 3.05) is 26.4 Å². The van der Waals surface area contributed by atoms with Crippen LogP contribution in [-0.2, 0) is 4.74 Å². The van der Waals surface area contributed by atoms with Crippen LogP contribution in [0.3, 0.4) is 0 Å². The lowest BCUT2D eigenvalue weighted by atomic mass is 9.81. The van der Waals surface area contributed by atoms with Crippen molar-refractivity contribution in [2.45, 2.75) is 12.8 Å². The van der Waals surface area contributed by atoms with E-state index in [-0.39, 0.29) is 17.9 Å². The zero-order chi connectivity index (χ0) is 14.6. The van der Waals surface area contributed by atoms with Crippen LogP contribution >= 0.6 is 23.2 Å². The van der Waals surface area contributed by atoms with Gasteiger partial charge < -0.3 is 15.2 Å². The number of ether oxygens (including phenoxy) is 1. The number of nitrogens with one attached hydrogen (secondary N) is 1. The average Bonchev–Trinajstić information content (AvgIpc) is 2.48. The van der Waals surface area contributed by atoms with Crippen molar-refractivity contribution in [1.29, 1.82) is 0 Å². The molecule has 1 saturated heterocycles. The molecule has 2 rings (SSSR count). The van der Waals surface area contributed by atoms with E-state index in [0.29, 0.717) is 35.4 Å². The van der Waals surface area contributed by atoms with Crippen LogP contribution in [0.2, 0.25) is 10.0 Å². The van der Waals surface area contributed by atoms with Gasteiger partial charge in [0.2, 0.25) is 0 Å². The predicted octanol–water partition coefficient (Wildman–Crippen LogP) is 2.51. The molecule has 0 aromatic heterocycles. The molecule has 0 saturated carbocycles. The molecule has 0 bridgehead atoms. The standard InChI is InChI=1S/C14H17Cl2NO3/c15-11-2-1-10(7-12(11)16)13(19)17-8-14(9-18)3-5-20-6-4-14/h1-2,7,18H,3-6,8-9H2,(H,17,19). The van der Waals surface area contributed by atoms with Gasteiger partial charge in [0.1, 0.15) is 0 Å². The lowest BCUT2D eigenvalue weighted by Gasteiger charge is -2.35. The molecule has 4 nitrogen and oxygen atoms in total. The topological polar surface area (TPSA) is 58.6 Å². The van der Waals surface area contributed by atoms with Crippen molar-refractivity contribution in [3.63, 3.8) is 0 Å². The fraction of sp³-hybridized carbons (Fsp3) is 0.500. The second-order valence-electron chi connectivity index (χ2n) is 5.08. The number of rotatable bonds is 4. The molecule has 1 aliphatic heterocycles. The van der Waals surface area contributed by atoms with E-state index in [1.54, 1.807) is 12.1 Å². The first-order valence-electron chi connectivity index (χ1n) is 6.48. The van der Waals surface area contributed by atoms with Crippen molar-refractivity contribution >= 4 is 29.1 Å². The number of amides is 1. The van der Waals surface area contributed by atoms with E-state index in [1.807, 2.05) is 0 Å². The SMILES string of the molecule is O=C(NCC1(CO)CCOCC1)c1ccc(Cl)c(Cl)c1. The third-order valence-electron chi connectivity index (χ3n) is 3.69. The van der Waals surface area contributed by atoms with Gasteiger partial charge in [-0.15, -0.1) is 0 Å². The summed E-state index contributed by atoms with van der Waals surface area (Å²) in [6, 6.07) is 4.75. The lowest BCUT2D eigenvalue weighted by molar-refractivity contribution is -0.0146. The number of carbonyl (C=O) groups excluding carboxylic acids is 1. The Hall–Kier alpha value is -0.810. The Kier molecular flexibility index (Phi) is 5.27. The minimum Gasteiger partial charge on any atom is -0.396 e. The molecule has 0 spiro atoms. The Morgan fingerprint density at radius 3 is 2.60 bits per heavy atom. The molecule has 6 heteroatoms. The lowest BCUT2D eigenvalue weighted by Crippen LogP contribution is -2.43. The fourth-order valence-electron chi connectivity index (χ4n) is 2.20. The van der Waals surface area contributed by atoms with E-state index >= 15 is 0 Å². The largest absolute Gasteiger partial charge is 0.396 e. The van der Waals surface area contributed by atoms with Gasteiger partial charge in [-0.2, -0.15) is 0 Å². The summed E-state index contributed by atoms with van der Waals surface area (Å²) in [7, 11) is 0. The van der Waals surface area contributed by atoms with Crippen molar-refractivity contribution in [2.24, 2.45) is 5.41 Å². The van der Waals surface area contributed by atoms with Crippen LogP contribution < -0.4 is 5.32 Å². The average molecular weight is 318 g/mol. The molecule has 1 aliphatic rings. The maximum absolute atomic E-state index is 12.1. The maximum atomic E-state index is 12.1. The summed E-state index contributed by atoms with van der Waals surface area (Å²) in [6.07, 6.45) is 1.48. The normalized spacial score (nSPS) is 17.8. The molecule has 110 valence electrons. The zero-order valence-corrected chi connectivity index (χ0v) is 12.5. The molecule has 2 N–H and O–H groups in total. The summed E-state index contributed by atoms with van der Waals surface area (Å²) in [4.78, 5) is 12.1. The first-order valence-corrected chi connectivity index (χ1v) is 7.24. The fourth-order valence-corrected chi connectivity index (χ4v) is 2.50. The molecule has 1 aromatic carbocycles. The van der Waals surface area contributed by atoms with Crippen LogP contribution in [0, 0.1) is 5.41 Å². The van der Waals surface area contributed by atoms with E-state index < -0.39 is 0 Å². The van der Waals surface area contributed by atoms with Gasteiger partial charge in [0.05, 0.1) is 16.7 Å². The zero-order valence-electron chi connectivity index (χ0n) is 11.0. The highest BCUT2D eigenvalue weighted by atomic mass is 35.5. The van der Waals surface area contributed by atoms with Gasteiger partial charge in [0.15, 0.2) is 0 Å². The number of aliphatic hydroxyl groups is 1. The van der Waals surface area contributed by atoms with Crippen LogP contribution in [0.4, 0.5) is 0 Å². The Bertz CT molecular complexity index is 487. The highest BCUT2D eigenvalue weighted by molar-refractivity contribution is 6.42. The molecule has 20 heavy (non-hydrogen) atoms. The van der Waals surface area contributed by atoms with Gasteiger partial charge in [0, 0.05) is 30.7 Å². The molecular formula is C14H17Cl2NO3. The molecular weight excluding hydrogens is 301 g/mol. The molecule has 0 atom stereocenters. The first kappa shape index (κ1) is 15.6. The van der Waals surface area contributed by atoms with E-state index in [0.717, 1.165) is 12.8 Å². The van der Waals surface area contributed by atoms with Crippen LogP contribution in [0.15, 0.2) is 18.2 Å². The molecule has 1 aromatic rings. The van der Waals surface area contributed by atoms with Crippen LogP contribution in [-0.4, -0.2) is 37.4 Å². The van der Waals surface area contributed by atoms with E-state index in [4.69, 9.17) is 27.9 Å². The van der Waals surface area contributed by atoms with E-state index in [2.05, 4.69) is 5.32 Å². The Labute approximate surface area is 128 Å². The summed E-state index contributed by atoms with van der Waals surface area (Å²) in [5.41, 5.74) is 0.170. The highest BCUT2D eigenvalue weighted by Crippen LogP contribution is 2.29. The van der Waals surface area contributed by atoms with Gasteiger partial charge in [0.25, 0.3) is 5.91 Å². The predicted molar refractivity (Wildman–Crippen MR) is 78.4 cm³/mol. The summed E-state index contributed by atoms with van der Waals surface area (Å²) in [5.74, 6) is -0.220. The highest BCUT2D eigenvalue weighted by Gasteiger charge is 2.32. The summed E-state index contributed by atoms with van der Waals surface area (Å²) in [6.45, 7) is 1.69. The number of benzene rings is 1. The third-order valence-corrected chi connectivity index (χ3v) is 4.43. The molecule has 1 amide bonds. The minimum absolute atomic E-state index is 0.0397. The molecule has 0 radical (unpaired) electrons. The van der Waals surface area contributed by atoms with E-state index in [9.17, 15) is 9.90 Å². The van der Waals surface area contributed by atoms with Gasteiger partial charge in [-0.3, -0.25) is 4.79 Å². The number of aliphatic hydroxyl groups excluding tert-OH is 1. The van der Waals surface area contributed by atoms with Gasteiger partial charge >= 0.3 is 0 Å². The molecule has 1 fully saturated rings. The summed E-state index contributed by atoms with van der Waals surface area (Å²) < 4.78 is 5.29. The van der Waals surface area contributed by atoms with Crippen molar-refractivity contribution in [1.82, 2.24) is 5.32 Å². The quantitative estimate of drug-likeness (QED) is 0.897. The van der Waals surface area contributed by atoms with E-state index in [1.165, 1.54) is 6.07 Å². The maximum Gasteiger partial charge on any atom is 0.251 e. The van der Waals surface area contributed by atoms with Crippen LogP contribution in [0.1, 0.15) is 23.2 Å².